The molecule has 32 heavy (non-hydrogen) atoms. The van der Waals surface area contributed by atoms with Crippen molar-refractivity contribution in [2.24, 2.45) is 0 Å². The number of rotatable bonds is 9. The molecule has 4 rings (SSSR count). The van der Waals surface area contributed by atoms with E-state index in [0.717, 1.165) is 16.0 Å². The lowest BCUT2D eigenvalue weighted by molar-refractivity contribution is -0.118. The summed E-state index contributed by atoms with van der Waals surface area (Å²) in [5, 5.41) is 0.551. The number of ether oxygens (including phenoxy) is 3. The van der Waals surface area contributed by atoms with E-state index < -0.39 is 0 Å². The van der Waals surface area contributed by atoms with Crippen molar-refractivity contribution in [2.75, 3.05) is 25.7 Å². The molecule has 2 heterocycles. The van der Waals surface area contributed by atoms with E-state index in [1.807, 2.05) is 49.4 Å². The topological polar surface area (TPSA) is 74.0 Å². The quantitative estimate of drug-likeness (QED) is 0.353. The highest BCUT2D eigenvalue weighted by Gasteiger charge is 2.24. The van der Waals surface area contributed by atoms with Gasteiger partial charge in [-0.15, -0.1) is 0 Å². The van der Waals surface area contributed by atoms with Crippen LogP contribution in [-0.2, 0) is 17.8 Å². The Labute approximate surface area is 190 Å². The number of anilines is 1. The molecule has 7 nitrogen and oxygen atoms in total. The summed E-state index contributed by atoms with van der Waals surface area (Å²) in [5.74, 6) is 2.66. The van der Waals surface area contributed by atoms with Gasteiger partial charge in [-0.05, 0) is 48.9 Å². The summed E-state index contributed by atoms with van der Waals surface area (Å²) in [5.41, 5.74) is 1.55. The van der Waals surface area contributed by atoms with Crippen LogP contribution in [0.3, 0.4) is 0 Å². The number of methoxy groups -OCH3 is 2. The predicted molar refractivity (Wildman–Crippen MR) is 124 cm³/mol. The predicted octanol–water partition coefficient (Wildman–Crippen LogP) is 5.08. The van der Waals surface area contributed by atoms with Crippen LogP contribution in [0.2, 0.25) is 0 Å². The molecule has 0 atom stereocenters. The summed E-state index contributed by atoms with van der Waals surface area (Å²) in [6.45, 7) is 2.80. The first-order valence-electron chi connectivity index (χ1n) is 10.2. The van der Waals surface area contributed by atoms with Crippen molar-refractivity contribution >= 4 is 32.6 Å². The molecular formula is C24H24N2O5S. The van der Waals surface area contributed by atoms with E-state index in [0.29, 0.717) is 34.5 Å². The smallest absolute Gasteiger partial charge is 0.233 e. The van der Waals surface area contributed by atoms with E-state index >= 15 is 0 Å². The van der Waals surface area contributed by atoms with Gasteiger partial charge in [0, 0.05) is 0 Å². The Hall–Kier alpha value is -3.52. The van der Waals surface area contributed by atoms with E-state index in [-0.39, 0.29) is 18.9 Å². The minimum absolute atomic E-state index is 0.0949. The fourth-order valence-electron chi connectivity index (χ4n) is 3.35. The van der Waals surface area contributed by atoms with E-state index in [4.69, 9.17) is 23.6 Å². The van der Waals surface area contributed by atoms with Crippen molar-refractivity contribution in [3.05, 3.63) is 66.1 Å². The van der Waals surface area contributed by atoms with Crippen LogP contribution < -0.4 is 19.1 Å². The SMILES string of the molecule is CCOc1ccc(CC(=O)N(Cc2ccco2)c2nc3c(OC)ccc(OC)c3s2)cc1. The van der Waals surface area contributed by atoms with Crippen molar-refractivity contribution in [3.8, 4) is 17.2 Å². The van der Waals surface area contributed by atoms with Gasteiger partial charge in [-0.25, -0.2) is 4.98 Å². The number of carbonyl (C=O) groups excluding carboxylic acids is 1. The molecule has 0 aliphatic heterocycles. The minimum atomic E-state index is -0.0949. The number of carbonyl (C=O) groups is 1. The van der Waals surface area contributed by atoms with Crippen LogP contribution in [0.5, 0.6) is 17.2 Å². The van der Waals surface area contributed by atoms with E-state index in [1.165, 1.54) is 11.3 Å². The van der Waals surface area contributed by atoms with Crippen molar-refractivity contribution in [1.82, 2.24) is 4.98 Å². The van der Waals surface area contributed by atoms with Gasteiger partial charge in [0.25, 0.3) is 0 Å². The van der Waals surface area contributed by atoms with Gasteiger partial charge in [-0.1, -0.05) is 23.5 Å². The van der Waals surface area contributed by atoms with Crippen LogP contribution in [0.15, 0.2) is 59.2 Å². The molecule has 2 aromatic carbocycles. The first-order valence-corrected chi connectivity index (χ1v) is 11.0. The highest BCUT2D eigenvalue weighted by molar-refractivity contribution is 7.22. The number of furan rings is 1. The van der Waals surface area contributed by atoms with Crippen molar-refractivity contribution in [3.63, 3.8) is 0 Å². The number of hydrogen-bond donors (Lipinski definition) is 0. The van der Waals surface area contributed by atoms with Gasteiger partial charge < -0.3 is 18.6 Å². The molecule has 166 valence electrons. The molecular weight excluding hydrogens is 428 g/mol. The Morgan fingerprint density at radius 3 is 2.47 bits per heavy atom. The number of thiazole rings is 1. The van der Waals surface area contributed by atoms with Crippen molar-refractivity contribution in [2.45, 2.75) is 19.9 Å². The third kappa shape index (κ3) is 4.55. The van der Waals surface area contributed by atoms with Crippen LogP contribution in [0.25, 0.3) is 10.2 Å². The van der Waals surface area contributed by atoms with Gasteiger partial charge in [0.1, 0.15) is 33.2 Å². The molecule has 0 fully saturated rings. The fourth-order valence-corrected chi connectivity index (χ4v) is 4.44. The first kappa shape index (κ1) is 21.7. The minimum Gasteiger partial charge on any atom is -0.495 e. The van der Waals surface area contributed by atoms with Gasteiger partial charge >= 0.3 is 0 Å². The van der Waals surface area contributed by atoms with Gasteiger partial charge in [-0.3, -0.25) is 9.69 Å². The van der Waals surface area contributed by atoms with Crippen LogP contribution in [0, 0.1) is 0 Å². The van der Waals surface area contributed by atoms with Crippen LogP contribution in [-0.4, -0.2) is 31.7 Å². The standard InChI is InChI=1S/C24H24N2O5S/c1-4-30-17-9-7-16(8-10-17)14-21(27)26(15-18-6-5-13-31-18)24-25-22-19(28-2)11-12-20(29-3)23(22)32-24/h5-13H,4,14-15H2,1-3H3. The molecule has 1 amide bonds. The number of fused-ring (bicyclic) bond motifs is 1. The molecule has 0 unspecified atom stereocenters. The molecule has 0 radical (unpaired) electrons. The summed E-state index contributed by atoms with van der Waals surface area (Å²) in [4.78, 5) is 19.8. The number of amides is 1. The van der Waals surface area contributed by atoms with Gasteiger partial charge in [0.15, 0.2) is 5.13 Å². The van der Waals surface area contributed by atoms with Crippen molar-refractivity contribution < 1.29 is 23.4 Å². The number of aromatic nitrogens is 1. The molecule has 4 aromatic rings. The third-order valence-electron chi connectivity index (χ3n) is 4.91. The average Bonchev–Trinajstić information content (AvgIpc) is 3.48. The Morgan fingerprint density at radius 1 is 1.06 bits per heavy atom. The normalized spacial score (nSPS) is 10.8. The Kier molecular flexibility index (Phi) is 6.61. The van der Waals surface area contributed by atoms with Crippen LogP contribution >= 0.6 is 11.3 Å². The van der Waals surface area contributed by atoms with E-state index in [1.54, 1.807) is 31.4 Å². The average molecular weight is 453 g/mol. The van der Waals surface area contributed by atoms with Crippen LogP contribution in [0.1, 0.15) is 18.2 Å². The highest BCUT2D eigenvalue weighted by Crippen LogP contribution is 2.40. The highest BCUT2D eigenvalue weighted by atomic mass is 32.1. The van der Waals surface area contributed by atoms with Gasteiger partial charge in [0.05, 0.1) is 40.1 Å². The monoisotopic (exact) mass is 452 g/mol. The summed E-state index contributed by atoms with van der Waals surface area (Å²) < 4.78 is 22.8. The lowest BCUT2D eigenvalue weighted by atomic mass is 10.1. The summed E-state index contributed by atoms with van der Waals surface area (Å²) in [7, 11) is 3.20. The van der Waals surface area contributed by atoms with Crippen LogP contribution in [0.4, 0.5) is 5.13 Å². The molecule has 0 aliphatic carbocycles. The molecule has 0 spiro atoms. The lowest BCUT2D eigenvalue weighted by Crippen LogP contribution is -2.31. The molecule has 8 heteroatoms. The molecule has 0 aliphatic rings. The Bertz CT molecular complexity index is 1140. The zero-order valence-corrected chi connectivity index (χ0v) is 19.0. The molecule has 2 aromatic heterocycles. The van der Waals surface area contributed by atoms with E-state index in [9.17, 15) is 4.79 Å². The summed E-state index contributed by atoms with van der Waals surface area (Å²) in [6, 6.07) is 14.8. The Balaban J connectivity index is 1.68. The molecule has 0 bridgehead atoms. The maximum absolute atomic E-state index is 13.4. The second-order valence-corrected chi connectivity index (χ2v) is 7.93. The maximum Gasteiger partial charge on any atom is 0.233 e. The summed E-state index contributed by atoms with van der Waals surface area (Å²) >= 11 is 1.38. The summed E-state index contributed by atoms with van der Waals surface area (Å²) in [6.07, 6.45) is 1.81. The van der Waals surface area contributed by atoms with Crippen molar-refractivity contribution in [1.29, 1.82) is 0 Å². The fraction of sp³-hybridized carbons (Fsp3) is 0.250. The molecule has 0 N–H and O–H groups in total. The van der Waals surface area contributed by atoms with Gasteiger partial charge in [-0.2, -0.15) is 0 Å². The second kappa shape index (κ2) is 9.74. The molecule has 0 saturated carbocycles. The van der Waals surface area contributed by atoms with Gasteiger partial charge in [0.2, 0.25) is 5.91 Å². The van der Waals surface area contributed by atoms with E-state index in [2.05, 4.69) is 0 Å². The zero-order chi connectivity index (χ0) is 22.5. The lowest BCUT2D eigenvalue weighted by Gasteiger charge is -2.19. The Morgan fingerprint density at radius 2 is 1.81 bits per heavy atom. The maximum atomic E-state index is 13.4. The largest absolute Gasteiger partial charge is 0.495 e. The number of hydrogen-bond acceptors (Lipinski definition) is 7. The first-order chi connectivity index (χ1) is 15.6. The number of benzene rings is 2. The third-order valence-corrected chi connectivity index (χ3v) is 6.01. The second-order valence-electron chi connectivity index (χ2n) is 6.96. The zero-order valence-electron chi connectivity index (χ0n) is 18.2. The number of nitrogens with zero attached hydrogens (tertiary/aromatic N) is 2. The molecule has 0 saturated heterocycles.